The molecule has 0 bridgehead atoms. The molecule has 1 heterocycles. The van der Waals surface area contributed by atoms with E-state index in [4.69, 9.17) is 17.3 Å². The number of carbonyl (C=O) groups is 2. The molecule has 4 N–H and O–H groups in total. The number of rotatable bonds is 3. The summed E-state index contributed by atoms with van der Waals surface area (Å²) < 4.78 is 0. The Hall–Kier alpha value is -2.21. The van der Waals surface area contributed by atoms with Gasteiger partial charge in [0, 0.05) is 16.8 Å². The van der Waals surface area contributed by atoms with Crippen molar-refractivity contribution in [3.8, 4) is 5.75 Å². The molecule has 0 spiro atoms. The Morgan fingerprint density at radius 3 is 2.77 bits per heavy atom. The first kappa shape index (κ1) is 14.7. The van der Waals surface area contributed by atoms with E-state index < -0.39 is 0 Å². The van der Waals surface area contributed by atoms with Crippen molar-refractivity contribution in [3.63, 3.8) is 0 Å². The average molecular weight is 322 g/mol. The van der Waals surface area contributed by atoms with Gasteiger partial charge in [0.25, 0.3) is 0 Å². The number of phenols is 1. The highest BCUT2D eigenvalue weighted by atomic mass is 35.5. The van der Waals surface area contributed by atoms with E-state index in [0.717, 1.165) is 0 Å². The highest BCUT2D eigenvalue weighted by Gasteiger charge is 2.48. The molecule has 0 aromatic heterocycles. The normalized spacial score (nSPS) is 24.2. The average Bonchev–Trinajstić information content (AvgIpc) is 2.70. The number of allylic oxidation sites excluding steroid dienone is 2. The van der Waals surface area contributed by atoms with Crippen LogP contribution in [0.25, 0.3) is 0 Å². The molecule has 22 heavy (non-hydrogen) atoms. The molecule has 0 saturated carbocycles. The molecule has 3 rings (SSSR count). The summed E-state index contributed by atoms with van der Waals surface area (Å²) in [7, 11) is 0. The van der Waals surface area contributed by atoms with Crippen LogP contribution in [0.5, 0.6) is 5.75 Å². The minimum atomic E-state index is -0.369. The molecular formula is C15H16ClN3O3. The fraction of sp³-hybridized carbons (Fsp3) is 0.333. The Morgan fingerprint density at radius 2 is 2.05 bits per heavy atom. The Bertz CT molecular complexity index is 674. The van der Waals surface area contributed by atoms with E-state index in [1.165, 1.54) is 11.0 Å². The smallest absolute Gasteiger partial charge is 0.234 e. The van der Waals surface area contributed by atoms with E-state index >= 15 is 0 Å². The molecule has 1 aromatic rings. The van der Waals surface area contributed by atoms with Gasteiger partial charge in [-0.15, -0.1) is 0 Å². The number of benzene rings is 1. The highest BCUT2D eigenvalue weighted by molar-refractivity contribution is 6.30. The van der Waals surface area contributed by atoms with Crippen LogP contribution in [0.2, 0.25) is 0 Å². The largest absolute Gasteiger partial charge is 0.506 e. The third-order valence-corrected chi connectivity index (χ3v) is 4.42. The van der Waals surface area contributed by atoms with E-state index in [9.17, 15) is 14.7 Å². The zero-order chi connectivity index (χ0) is 15.9. The molecule has 2 amide bonds. The molecular weight excluding hydrogens is 306 g/mol. The second-order valence-electron chi connectivity index (χ2n) is 5.52. The zero-order valence-corrected chi connectivity index (χ0v) is 12.5. The van der Waals surface area contributed by atoms with E-state index in [-0.39, 0.29) is 36.1 Å². The number of anilines is 2. The maximum Gasteiger partial charge on any atom is 0.234 e. The Morgan fingerprint density at radius 1 is 1.32 bits per heavy atom. The number of aromatic hydroxyl groups is 1. The van der Waals surface area contributed by atoms with Crippen molar-refractivity contribution in [2.24, 2.45) is 11.8 Å². The van der Waals surface area contributed by atoms with Gasteiger partial charge in [-0.1, -0.05) is 17.7 Å². The molecule has 1 fully saturated rings. The lowest BCUT2D eigenvalue weighted by Crippen LogP contribution is -2.35. The summed E-state index contributed by atoms with van der Waals surface area (Å²) in [6.07, 6.45) is 2.72. The lowest BCUT2D eigenvalue weighted by Gasteiger charge is -2.17. The number of hydrogen-bond donors (Lipinski definition) is 3. The zero-order valence-electron chi connectivity index (χ0n) is 11.8. The van der Waals surface area contributed by atoms with Crippen LogP contribution in [0, 0.1) is 11.8 Å². The Kier molecular flexibility index (Phi) is 3.70. The number of phenolic OH excluding ortho intramolecular Hbond substituents is 1. The number of nitrogen functional groups attached to an aromatic ring is 1. The van der Waals surface area contributed by atoms with E-state index in [0.29, 0.717) is 29.2 Å². The quantitative estimate of drug-likeness (QED) is 0.448. The van der Waals surface area contributed by atoms with Gasteiger partial charge >= 0.3 is 0 Å². The van der Waals surface area contributed by atoms with E-state index in [2.05, 4.69) is 5.32 Å². The molecule has 0 unspecified atom stereocenters. The van der Waals surface area contributed by atoms with Crippen molar-refractivity contribution in [1.29, 1.82) is 0 Å². The summed E-state index contributed by atoms with van der Waals surface area (Å²) in [6, 6.07) is 4.62. The molecule has 1 saturated heterocycles. The number of fused-ring (bicyclic) bond motifs is 1. The summed E-state index contributed by atoms with van der Waals surface area (Å²) in [5.41, 5.74) is 6.41. The molecule has 7 heteroatoms. The molecule has 116 valence electrons. The molecule has 2 aliphatic rings. The van der Waals surface area contributed by atoms with Crippen molar-refractivity contribution >= 4 is 34.8 Å². The summed E-state index contributed by atoms with van der Waals surface area (Å²) in [6.45, 7) is 0.0137. The standard InChI is InChI=1S/C15H16ClN3O3/c16-8-1-3-10-11(5-8)15(22)19(14(10)21)7-18-12-4-2-9(17)6-13(12)20/h1-2,4,6,10-11,18,20H,3,5,7,17H2/t10-,11+/m0/s1. The monoisotopic (exact) mass is 321 g/mol. The number of nitrogens with one attached hydrogen (secondary N) is 1. The second-order valence-corrected chi connectivity index (χ2v) is 6.01. The predicted octanol–water partition coefficient (Wildman–Crippen LogP) is 1.86. The van der Waals surface area contributed by atoms with E-state index in [1.807, 2.05) is 0 Å². The molecule has 0 radical (unpaired) electrons. The maximum atomic E-state index is 12.4. The van der Waals surface area contributed by atoms with Crippen LogP contribution >= 0.6 is 11.6 Å². The van der Waals surface area contributed by atoms with Crippen molar-refractivity contribution in [3.05, 3.63) is 29.3 Å². The van der Waals surface area contributed by atoms with Crippen LogP contribution < -0.4 is 11.1 Å². The van der Waals surface area contributed by atoms with Crippen LogP contribution in [0.1, 0.15) is 12.8 Å². The Balaban J connectivity index is 1.71. The SMILES string of the molecule is Nc1ccc(NCN2C(=O)[C@H]3CC=C(Cl)C[C@H]3C2=O)c(O)c1. The fourth-order valence-electron chi connectivity index (χ4n) is 2.91. The number of halogens is 1. The van der Waals surface area contributed by atoms with Gasteiger partial charge in [0.05, 0.1) is 24.2 Å². The molecule has 1 aliphatic carbocycles. The number of nitrogens with zero attached hydrogens (tertiary/aromatic N) is 1. The first-order valence-corrected chi connectivity index (χ1v) is 7.37. The minimum absolute atomic E-state index is 0.0137. The molecule has 1 aliphatic heterocycles. The van der Waals surface area contributed by atoms with Crippen LogP contribution in [0.4, 0.5) is 11.4 Å². The second kappa shape index (κ2) is 5.53. The molecule has 1 aromatic carbocycles. The Labute approximate surface area is 132 Å². The van der Waals surface area contributed by atoms with Crippen LogP contribution in [-0.4, -0.2) is 28.5 Å². The van der Waals surface area contributed by atoms with Crippen LogP contribution in [0.3, 0.4) is 0 Å². The number of carbonyl (C=O) groups excluding carboxylic acids is 2. The number of nitrogens with two attached hydrogens (primary N) is 1. The number of imide groups is 1. The molecule has 2 atom stereocenters. The summed E-state index contributed by atoms with van der Waals surface area (Å²) >= 11 is 5.97. The summed E-state index contributed by atoms with van der Waals surface area (Å²) in [5.74, 6) is -1.13. The van der Waals surface area contributed by atoms with Gasteiger partial charge in [-0.25, -0.2) is 0 Å². The van der Waals surface area contributed by atoms with Gasteiger partial charge in [-0.3, -0.25) is 14.5 Å². The van der Waals surface area contributed by atoms with Crippen molar-refractivity contribution in [2.45, 2.75) is 12.8 Å². The van der Waals surface area contributed by atoms with Crippen molar-refractivity contribution < 1.29 is 14.7 Å². The van der Waals surface area contributed by atoms with Gasteiger partial charge in [-0.05, 0) is 25.0 Å². The van der Waals surface area contributed by atoms with Crippen LogP contribution in [-0.2, 0) is 9.59 Å². The summed E-state index contributed by atoms with van der Waals surface area (Å²) in [4.78, 5) is 25.9. The van der Waals surface area contributed by atoms with Crippen LogP contribution in [0.15, 0.2) is 29.3 Å². The third-order valence-electron chi connectivity index (χ3n) is 4.11. The maximum absolute atomic E-state index is 12.4. The van der Waals surface area contributed by atoms with Gasteiger partial charge in [-0.2, -0.15) is 0 Å². The van der Waals surface area contributed by atoms with E-state index in [1.54, 1.807) is 18.2 Å². The third kappa shape index (κ3) is 2.50. The van der Waals surface area contributed by atoms with Crippen molar-refractivity contribution in [2.75, 3.05) is 17.7 Å². The minimum Gasteiger partial charge on any atom is -0.506 e. The lowest BCUT2D eigenvalue weighted by atomic mass is 9.85. The van der Waals surface area contributed by atoms with Gasteiger partial charge in [0.15, 0.2) is 0 Å². The number of likely N-dealkylation sites (tertiary alicyclic amines) is 1. The van der Waals surface area contributed by atoms with Gasteiger partial charge < -0.3 is 16.2 Å². The first-order valence-electron chi connectivity index (χ1n) is 6.99. The first-order chi connectivity index (χ1) is 10.5. The lowest BCUT2D eigenvalue weighted by molar-refractivity contribution is -0.139. The van der Waals surface area contributed by atoms with Gasteiger partial charge in [0.1, 0.15) is 5.75 Å². The highest BCUT2D eigenvalue weighted by Crippen LogP contribution is 2.38. The molecule has 6 nitrogen and oxygen atoms in total. The van der Waals surface area contributed by atoms with Gasteiger partial charge in [0.2, 0.25) is 11.8 Å². The number of amides is 2. The fourth-order valence-corrected chi connectivity index (χ4v) is 3.17. The predicted molar refractivity (Wildman–Crippen MR) is 83.0 cm³/mol. The number of hydrogen-bond acceptors (Lipinski definition) is 5. The topological polar surface area (TPSA) is 95.7 Å². The van der Waals surface area contributed by atoms with Crippen molar-refractivity contribution in [1.82, 2.24) is 4.90 Å². The summed E-state index contributed by atoms with van der Waals surface area (Å²) in [5, 5.41) is 13.3.